The van der Waals surface area contributed by atoms with Crippen LogP contribution in [0.3, 0.4) is 0 Å². The Morgan fingerprint density at radius 2 is 1.76 bits per heavy atom. The second-order valence-corrected chi connectivity index (χ2v) is 8.00. The van der Waals surface area contributed by atoms with Crippen LogP contribution >= 0.6 is 0 Å². The zero-order chi connectivity index (χ0) is 23.4. The first-order chi connectivity index (χ1) is 16.0. The molecular formula is C27H27N3O3. The smallest absolute Gasteiger partial charge is 0.266 e. The highest BCUT2D eigenvalue weighted by Gasteiger charge is 2.27. The molecule has 1 heterocycles. The lowest BCUT2D eigenvalue weighted by Crippen LogP contribution is -2.39. The largest absolute Gasteiger partial charge is 0.383 e. The Labute approximate surface area is 193 Å². The van der Waals surface area contributed by atoms with Crippen molar-refractivity contribution < 1.29 is 9.53 Å². The molecule has 0 aliphatic rings. The molecule has 4 rings (SSSR count). The van der Waals surface area contributed by atoms with Crippen LogP contribution in [0.4, 0.5) is 0 Å². The first kappa shape index (κ1) is 22.4. The molecule has 6 nitrogen and oxygen atoms in total. The second-order valence-electron chi connectivity index (χ2n) is 8.00. The first-order valence-electron chi connectivity index (χ1n) is 10.9. The number of hydrogen-bond acceptors (Lipinski definition) is 4. The van der Waals surface area contributed by atoms with Gasteiger partial charge in [-0.25, -0.2) is 4.98 Å². The van der Waals surface area contributed by atoms with Crippen LogP contribution in [0.25, 0.3) is 16.6 Å². The van der Waals surface area contributed by atoms with Gasteiger partial charge in [0, 0.05) is 19.2 Å². The number of carbonyl (C=O) groups excluding carboxylic acids is 1. The summed E-state index contributed by atoms with van der Waals surface area (Å²) in [6, 6.07) is 23.7. The van der Waals surface area contributed by atoms with Crippen LogP contribution in [-0.2, 0) is 4.74 Å². The predicted molar refractivity (Wildman–Crippen MR) is 130 cm³/mol. The molecule has 0 saturated heterocycles. The molecule has 3 aromatic carbocycles. The molecule has 0 fully saturated rings. The van der Waals surface area contributed by atoms with Crippen molar-refractivity contribution in [1.82, 2.24) is 14.5 Å². The Hall–Kier alpha value is -3.77. The monoisotopic (exact) mass is 441 g/mol. The number of carbonyl (C=O) groups is 1. The average molecular weight is 442 g/mol. The number of amides is 1. The van der Waals surface area contributed by atoms with Crippen molar-refractivity contribution in [3.8, 4) is 5.69 Å². The van der Waals surface area contributed by atoms with Gasteiger partial charge in [-0.1, -0.05) is 42.5 Å². The average Bonchev–Trinajstić information content (AvgIpc) is 2.84. The molecule has 4 aromatic rings. The highest BCUT2D eigenvalue weighted by Crippen LogP contribution is 2.24. The van der Waals surface area contributed by atoms with E-state index in [1.54, 1.807) is 34.8 Å². The predicted octanol–water partition coefficient (Wildman–Crippen LogP) is 4.54. The lowest BCUT2D eigenvalue weighted by atomic mass is 10.1. The third kappa shape index (κ3) is 4.56. The maximum atomic E-state index is 13.6. The molecule has 6 heteroatoms. The van der Waals surface area contributed by atoms with E-state index in [2.05, 4.69) is 0 Å². The van der Waals surface area contributed by atoms with Gasteiger partial charge in [0.1, 0.15) is 5.82 Å². The SMILES string of the molecule is COCCN(C(=O)c1ccccc1)C(C)c1nc2ccccc2c(=O)n1-c1cccc(C)c1. The van der Waals surface area contributed by atoms with Gasteiger partial charge in [-0.15, -0.1) is 0 Å². The molecule has 0 aliphatic carbocycles. The highest BCUT2D eigenvalue weighted by atomic mass is 16.5. The van der Waals surface area contributed by atoms with E-state index < -0.39 is 6.04 Å². The minimum atomic E-state index is -0.481. The topological polar surface area (TPSA) is 64.4 Å². The van der Waals surface area contributed by atoms with Gasteiger partial charge in [-0.05, 0) is 55.8 Å². The summed E-state index contributed by atoms with van der Waals surface area (Å²) in [7, 11) is 1.60. The van der Waals surface area contributed by atoms with Crippen molar-refractivity contribution in [3.05, 3.63) is 106 Å². The van der Waals surface area contributed by atoms with Gasteiger partial charge in [0.25, 0.3) is 11.5 Å². The summed E-state index contributed by atoms with van der Waals surface area (Å²) < 4.78 is 6.91. The summed E-state index contributed by atoms with van der Waals surface area (Å²) in [5.74, 6) is 0.364. The maximum Gasteiger partial charge on any atom is 0.266 e. The van der Waals surface area contributed by atoms with Crippen molar-refractivity contribution in [3.63, 3.8) is 0 Å². The zero-order valence-electron chi connectivity index (χ0n) is 19.1. The number of hydrogen-bond donors (Lipinski definition) is 0. The summed E-state index contributed by atoms with van der Waals surface area (Å²) in [6.07, 6.45) is 0. The molecule has 0 radical (unpaired) electrons. The molecule has 1 atom stereocenters. The Kier molecular flexibility index (Phi) is 6.66. The molecule has 1 aromatic heterocycles. The van der Waals surface area contributed by atoms with Gasteiger partial charge in [-0.3, -0.25) is 14.2 Å². The fourth-order valence-corrected chi connectivity index (χ4v) is 3.99. The van der Waals surface area contributed by atoms with E-state index in [-0.39, 0.29) is 11.5 Å². The molecule has 0 N–H and O–H groups in total. The lowest BCUT2D eigenvalue weighted by molar-refractivity contribution is 0.0605. The molecule has 1 unspecified atom stereocenters. The second kappa shape index (κ2) is 9.79. The number of aryl methyl sites for hydroxylation is 1. The third-order valence-corrected chi connectivity index (χ3v) is 5.72. The Morgan fingerprint density at radius 3 is 2.48 bits per heavy atom. The maximum absolute atomic E-state index is 13.6. The molecule has 0 bridgehead atoms. The van der Waals surface area contributed by atoms with E-state index in [9.17, 15) is 9.59 Å². The molecule has 0 saturated carbocycles. The number of aromatic nitrogens is 2. The zero-order valence-corrected chi connectivity index (χ0v) is 19.1. The van der Waals surface area contributed by atoms with Gasteiger partial charge in [0.05, 0.1) is 29.2 Å². The normalized spacial score (nSPS) is 12.0. The third-order valence-electron chi connectivity index (χ3n) is 5.72. The Balaban J connectivity index is 1.91. The summed E-state index contributed by atoms with van der Waals surface area (Å²) in [5.41, 5.74) is 2.77. The molecule has 168 valence electrons. The molecule has 0 spiro atoms. The van der Waals surface area contributed by atoms with Gasteiger partial charge in [0.15, 0.2) is 0 Å². The molecular weight excluding hydrogens is 414 g/mol. The van der Waals surface area contributed by atoms with Crippen molar-refractivity contribution in [1.29, 1.82) is 0 Å². The van der Waals surface area contributed by atoms with Gasteiger partial charge in [0.2, 0.25) is 0 Å². The van der Waals surface area contributed by atoms with Gasteiger partial charge in [-0.2, -0.15) is 0 Å². The van der Waals surface area contributed by atoms with Crippen LogP contribution in [0.1, 0.15) is 34.7 Å². The highest BCUT2D eigenvalue weighted by molar-refractivity contribution is 5.94. The van der Waals surface area contributed by atoms with E-state index in [0.29, 0.717) is 35.4 Å². The van der Waals surface area contributed by atoms with E-state index in [1.807, 2.05) is 74.5 Å². The molecule has 1 amide bonds. The Morgan fingerprint density at radius 1 is 1.03 bits per heavy atom. The standard InChI is InChI=1S/C27H27N3O3/c1-19-10-9-13-22(18-19)30-25(28-24-15-8-7-14-23(24)27(30)32)20(2)29(16-17-33-3)26(31)21-11-5-4-6-12-21/h4-15,18,20H,16-17H2,1-3H3. The number of fused-ring (bicyclic) bond motifs is 1. The van der Waals surface area contributed by atoms with E-state index in [1.165, 1.54) is 0 Å². The van der Waals surface area contributed by atoms with E-state index in [4.69, 9.17) is 9.72 Å². The first-order valence-corrected chi connectivity index (χ1v) is 10.9. The lowest BCUT2D eigenvalue weighted by Gasteiger charge is -2.30. The fraction of sp³-hybridized carbons (Fsp3) is 0.222. The number of nitrogens with zero attached hydrogens (tertiary/aromatic N) is 3. The van der Waals surface area contributed by atoms with Crippen molar-refractivity contribution >= 4 is 16.8 Å². The minimum Gasteiger partial charge on any atom is -0.383 e. The van der Waals surface area contributed by atoms with Crippen molar-refractivity contribution in [2.45, 2.75) is 19.9 Å². The van der Waals surface area contributed by atoms with Gasteiger partial charge >= 0.3 is 0 Å². The van der Waals surface area contributed by atoms with Crippen LogP contribution in [0, 0.1) is 6.92 Å². The summed E-state index contributed by atoms with van der Waals surface area (Å²) in [4.78, 5) is 33.7. The summed E-state index contributed by atoms with van der Waals surface area (Å²) in [6.45, 7) is 4.61. The van der Waals surface area contributed by atoms with Crippen LogP contribution < -0.4 is 5.56 Å². The van der Waals surface area contributed by atoms with Crippen LogP contribution in [0.5, 0.6) is 0 Å². The summed E-state index contributed by atoms with van der Waals surface area (Å²) in [5, 5.41) is 0.535. The van der Waals surface area contributed by atoms with Crippen LogP contribution in [0.15, 0.2) is 83.7 Å². The summed E-state index contributed by atoms with van der Waals surface area (Å²) >= 11 is 0. The molecule has 33 heavy (non-hydrogen) atoms. The number of rotatable bonds is 7. The fourth-order valence-electron chi connectivity index (χ4n) is 3.99. The number of benzene rings is 3. The number of methoxy groups -OCH3 is 1. The van der Waals surface area contributed by atoms with Gasteiger partial charge < -0.3 is 9.64 Å². The van der Waals surface area contributed by atoms with Crippen LogP contribution in [0.2, 0.25) is 0 Å². The quantitative estimate of drug-likeness (QED) is 0.422. The number of ether oxygens (including phenoxy) is 1. The minimum absolute atomic E-state index is 0.140. The molecule has 0 aliphatic heterocycles. The number of para-hydroxylation sites is 1. The van der Waals surface area contributed by atoms with Crippen LogP contribution in [-0.4, -0.2) is 40.6 Å². The van der Waals surface area contributed by atoms with Crippen molar-refractivity contribution in [2.75, 3.05) is 20.3 Å². The van der Waals surface area contributed by atoms with E-state index >= 15 is 0 Å². The van der Waals surface area contributed by atoms with E-state index in [0.717, 1.165) is 11.3 Å². The Bertz CT molecular complexity index is 1330. The van der Waals surface area contributed by atoms with Crippen molar-refractivity contribution in [2.24, 2.45) is 0 Å².